The first-order valence-electron chi connectivity index (χ1n) is 5.42. The largest absolute Gasteiger partial charge is 1.00 e. The van der Waals surface area contributed by atoms with E-state index in [9.17, 15) is 4.79 Å². The summed E-state index contributed by atoms with van der Waals surface area (Å²) in [5.74, 6) is 0. The van der Waals surface area contributed by atoms with E-state index in [0.717, 1.165) is 5.56 Å². The molecule has 102 valence electrons. The maximum Gasteiger partial charge on any atom is 1.00 e. The molecule has 3 N–H and O–H groups in total. The first kappa shape index (κ1) is 20.0. The van der Waals surface area contributed by atoms with E-state index < -0.39 is 5.24 Å². The molecule has 0 radical (unpaired) electrons. The van der Waals surface area contributed by atoms with Crippen LogP contribution in [0.2, 0.25) is 0 Å². The van der Waals surface area contributed by atoms with Crippen molar-refractivity contribution >= 4 is 46.5 Å². The van der Waals surface area contributed by atoms with Crippen LogP contribution in [-0.4, -0.2) is 10.5 Å². The summed E-state index contributed by atoms with van der Waals surface area (Å²) in [4.78, 5) is 19.8. The Bertz CT molecular complexity index is 590. The molecule has 0 spiro atoms. The molecular formula is C13H15KN2O2S2. The van der Waals surface area contributed by atoms with Crippen LogP contribution in [0.5, 0.6) is 0 Å². The minimum absolute atomic E-state index is 0. The standard InChI is InChI=1S/C12H11NOS.CH3NOS.K.H/c14-12(15)13-8-10-6-3-5-9-4-1-2-7-11(9)10;2-1(3)4;;/h1-7H,8H2,(H2,13,14,15);(H3,2,3,4);;/q;;+1;-1. The van der Waals surface area contributed by atoms with Crippen molar-refractivity contribution in [2.45, 2.75) is 6.54 Å². The molecule has 2 aromatic rings. The summed E-state index contributed by atoms with van der Waals surface area (Å²) in [6, 6.07) is 14.2. The summed E-state index contributed by atoms with van der Waals surface area (Å²) in [5.41, 5.74) is 5.44. The molecule has 2 rings (SSSR count). The Labute approximate surface area is 172 Å². The summed E-state index contributed by atoms with van der Waals surface area (Å²) >= 11 is 6.78. The fourth-order valence-electron chi connectivity index (χ4n) is 1.62. The topological polar surface area (TPSA) is 72.2 Å². The molecule has 2 amide bonds. The second-order valence-corrected chi connectivity index (χ2v) is 4.48. The van der Waals surface area contributed by atoms with Crippen LogP contribution in [0.15, 0.2) is 42.5 Å². The molecule has 4 nitrogen and oxygen atoms in total. The van der Waals surface area contributed by atoms with E-state index in [1.165, 1.54) is 10.8 Å². The van der Waals surface area contributed by atoms with Crippen molar-refractivity contribution in [3.05, 3.63) is 48.0 Å². The zero-order valence-corrected chi connectivity index (χ0v) is 15.9. The number of carbonyl (C=O) groups excluding carboxylic acids is 2. The van der Waals surface area contributed by atoms with E-state index in [2.05, 4.69) is 54.5 Å². The molecule has 20 heavy (non-hydrogen) atoms. The Balaban J connectivity index is 0. The molecule has 0 atom stereocenters. The fourth-order valence-corrected chi connectivity index (χ4v) is 1.70. The second kappa shape index (κ2) is 10.7. The number of hydrogen-bond acceptors (Lipinski definition) is 2. The molecule has 0 fully saturated rings. The second-order valence-electron chi connectivity index (χ2n) is 3.64. The van der Waals surface area contributed by atoms with Gasteiger partial charge in [0.1, 0.15) is 0 Å². The van der Waals surface area contributed by atoms with Crippen LogP contribution in [0.4, 0.5) is 9.59 Å². The van der Waals surface area contributed by atoms with E-state index >= 15 is 0 Å². The van der Waals surface area contributed by atoms with Crippen molar-refractivity contribution in [3.8, 4) is 0 Å². The van der Waals surface area contributed by atoms with Crippen molar-refractivity contribution in [3.63, 3.8) is 0 Å². The van der Waals surface area contributed by atoms with Crippen LogP contribution in [-0.2, 0) is 6.54 Å². The van der Waals surface area contributed by atoms with Crippen molar-refractivity contribution in [1.29, 1.82) is 0 Å². The number of benzene rings is 2. The third-order valence-electron chi connectivity index (χ3n) is 2.31. The van der Waals surface area contributed by atoms with Gasteiger partial charge >= 0.3 is 51.4 Å². The minimum Gasteiger partial charge on any atom is -1.00 e. The van der Waals surface area contributed by atoms with Gasteiger partial charge in [-0.1, -0.05) is 67.7 Å². The first-order chi connectivity index (χ1) is 9.00. The first-order valence-corrected chi connectivity index (χ1v) is 6.32. The summed E-state index contributed by atoms with van der Waals surface area (Å²) in [5, 5.41) is 4.09. The van der Waals surface area contributed by atoms with Gasteiger partial charge in [-0.05, 0) is 16.3 Å². The summed E-state index contributed by atoms with van der Waals surface area (Å²) in [7, 11) is 0. The molecule has 0 saturated carbocycles. The van der Waals surface area contributed by atoms with E-state index in [1.807, 2.05) is 24.3 Å². The molecule has 0 unspecified atom stereocenters. The molecule has 7 heteroatoms. The van der Waals surface area contributed by atoms with Crippen LogP contribution in [0.3, 0.4) is 0 Å². The van der Waals surface area contributed by atoms with Crippen molar-refractivity contribution in [2.75, 3.05) is 0 Å². The van der Waals surface area contributed by atoms with Gasteiger partial charge < -0.3 is 12.5 Å². The number of rotatable bonds is 2. The van der Waals surface area contributed by atoms with Gasteiger partial charge in [0.25, 0.3) is 10.5 Å². The molecule has 0 aliphatic heterocycles. The summed E-state index contributed by atoms with van der Waals surface area (Å²) < 4.78 is 0. The number of amides is 2. The number of hydrogen-bond donors (Lipinski definition) is 4. The van der Waals surface area contributed by atoms with Crippen molar-refractivity contribution in [2.24, 2.45) is 5.73 Å². The molecule has 0 bridgehead atoms. The van der Waals surface area contributed by atoms with Crippen molar-refractivity contribution < 1.29 is 62.4 Å². The Morgan fingerprint density at radius 3 is 2.25 bits per heavy atom. The number of nitrogens with two attached hydrogens (primary N) is 1. The number of thiol groups is 2. The van der Waals surface area contributed by atoms with Gasteiger partial charge in [0.15, 0.2) is 0 Å². The Hall–Kier alpha value is -0.0236. The maximum atomic E-state index is 10.7. The summed E-state index contributed by atoms with van der Waals surface area (Å²) in [6.07, 6.45) is 0. The van der Waals surface area contributed by atoms with E-state index in [-0.39, 0.29) is 58.1 Å². The molecular weight excluding hydrogens is 319 g/mol. The molecule has 0 aromatic heterocycles. The SMILES string of the molecule is NC(=O)S.O=C(S)NCc1cccc2ccccc12.[H-].[K+]. The number of carbonyl (C=O) groups is 2. The van der Waals surface area contributed by atoms with Gasteiger partial charge in [-0.2, -0.15) is 0 Å². The average Bonchev–Trinajstić information content (AvgIpc) is 2.35. The van der Waals surface area contributed by atoms with E-state index in [1.54, 1.807) is 0 Å². The zero-order valence-electron chi connectivity index (χ0n) is 12.0. The monoisotopic (exact) mass is 334 g/mol. The van der Waals surface area contributed by atoms with Gasteiger partial charge in [-0.25, -0.2) is 0 Å². The van der Waals surface area contributed by atoms with Crippen LogP contribution in [0.25, 0.3) is 10.8 Å². The van der Waals surface area contributed by atoms with Crippen LogP contribution in [0.1, 0.15) is 6.99 Å². The summed E-state index contributed by atoms with van der Waals surface area (Å²) in [6.45, 7) is 0.518. The zero-order chi connectivity index (χ0) is 14.3. The van der Waals surface area contributed by atoms with E-state index in [4.69, 9.17) is 4.79 Å². The van der Waals surface area contributed by atoms with Gasteiger partial charge in [0.2, 0.25) is 0 Å². The quantitative estimate of drug-likeness (QED) is 0.464. The Morgan fingerprint density at radius 1 is 1.10 bits per heavy atom. The van der Waals surface area contributed by atoms with E-state index in [0.29, 0.717) is 6.54 Å². The molecule has 2 aromatic carbocycles. The van der Waals surface area contributed by atoms with Crippen molar-refractivity contribution in [1.82, 2.24) is 5.32 Å². The normalized spacial score (nSPS) is 8.90. The Morgan fingerprint density at radius 2 is 1.65 bits per heavy atom. The van der Waals surface area contributed by atoms with Crippen LogP contribution in [0, 0.1) is 0 Å². The third kappa shape index (κ3) is 7.68. The molecule has 0 heterocycles. The number of fused-ring (bicyclic) bond motifs is 1. The van der Waals surface area contributed by atoms with Gasteiger partial charge in [-0.3, -0.25) is 9.59 Å². The molecule has 0 aliphatic rings. The Kier molecular flexibility index (Phi) is 10.7. The number of nitrogens with one attached hydrogen (secondary N) is 1. The predicted molar refractivity (Wildman–Crippen MR) is 84.9 cm³/mol. The van der Waals surface area contributed by atoms with Crippen LogP contribution < -0.4 is 62.4 Å². The smallest absolute Gasteiger partial charge is 1.00 e. The van der Waals surface area contributed by atoms with Gasteiger partial charge in [0, 0.05) is 6.54 Å². The fraction of sp³-hybridized carbons (Fsp3) is 0.0769. The van der Waals surface area contributed by atoms with Gasteiger partial charge in [0.05, 0.1) is 0 Å². The minimum atomic E-state index is -0.639. The van der Waals surface area contributed by atoms with Gasteiger partial charge in [-0.15, -0.1) is 0 Å². The molecule has 0 saturated heterocycles. The third-order valence-corrected chi connectivity index (χ3v) is 2.47. The number of primary amides is 1. The maximum absolute atomic E-state index is 10.7. The molecule has 0 aliphatic carbocycles. The van der Waals surface area contributed by atoms with Crippen LogP contribution >= 0.6 is 25.3 Å². The average molecular weight is 335 g/mol. The predicted octanol–water partition coefficient (Wildman–Crippen LogP) is 0.0906.